The highest BCUT2D eigenvalue weighted by atomic mass is 35.5. The van der Waals surface area contributed by atoms with E-state index < -0.39 is 12.1 Å². The first-order chi connectivity index (χ1) is 10.4. The van der Waals surface area contributed by atoms with Crippen LogP contribution >= 0.6 is 23.2 Å². The maximum atomic E-state index is 12.4. The first-order valence-corrected chi connectivity index (χ1v) is 8.33. The summed E-state index contributed by atoms with van der Waals surface area (Å²) in [5.41, 5.74) is 1.71. The maximum absolute atomic E-state index is 12.4. The van der Waals surface area contributed by atoms with Crippen molar-refractivity contribution < 1.29 is 9.90 Å². The number of hydrogen-bond acceptors (Lipinski definition) is 2. The minimum Gasteiger partial charge on any atom is -0.390 e. The summed E-state index contributed by atoms with van der Waals surface area (Å²) in [6, 6.07) is 3.03. The topological polar surface area (TPSA) is 52.6 Å². The zero-order chi connectivity index (χ0) is 16.0. The highest BCUT2D eigenvalue weighted by molar-refractivity contribution is 6.35. The van der Waals surface area contributed by atoms with Crippen molar-refractivity contribution in [2.24, 2.45) is 5.92 Å². The lowest BCUT2D eigenvalue weighted by molar-refractivity contribution is 0.0882. The highest BCUT2D eigenvalue weighted by Gasteiger charge is 2.38. The summed E-state index contributed by atoms with van der Waals surface area (Å²) in [5, 5.41) is 14.4. The van der Waals surface area contributed by atoms with Gasteiger partial charge < -0.3 is 15.3 Å². The zero-order valence-electron chi connectivity index (χ0n) is 12.6. The second kappa shape index (κ2) is 5.91. The van der Waals surface area contributed by atoms with Crippen molar-refractivity contribution in [3.63, 3.8) is 0 Å². The predicted octanol–water partition coefficient (Wildman–Crippen LogP) is 3.39. The molecule has 22 heavy (non-hydrogen) atoms. The van der Waals surface area contributed by atoms with Gasteiger partial charge in [-0.1, -0.05) is 23.2 Å². The molecule has 0 bridgehead atoms. The molecule has 0 saturated heterocycles. The van der Waals surface area contributed by atoms with Gasteiger partial charge in [-0.05, 0) is 48.9 Å². The molecule has 0 aliphatic heterocycles. The lowest BCUT2D eigenvalue weighted by Crippen LogP contribution is -2.46. The van der Waals surface area contributed by atoms with Crippen molar-refractivity contribution in [2.75, 3.05) is 7.05 Å². The number of fused-ring (bicyclic) bond motifs is 1. The Morgan fingerprint density at radius 3 is 2.73 bits per heavy atom. The van der Waals surface area contributed by atoms with Gasteiger partial charge in [-0.15, -0.1) is 0 Å². The van der Waals surface area contributed by atoms with Crippen LogP contribution in [0.5, 0.6) is 0 Å². The Hall–Kier alpha value is -0.970. The molecule has 2 amide bonds. The standard InChI is InChI=1S/C16H20Cl2N2O2/c1-8(9-3-4-9)19-16(22)20(2)15-12-5-10(17)6-13(18)11(12)7-14(15)21/h5-6,8-9,14-15,21H,3-4,7H2,1-2H3,(H,19,22)/t8-,14+,15-/m0/s1. The molecule has 6 heteroatoms. The molecule has 0 radical (unpaired) electrons. The Morgan fingerprint density at radius 2 is 2.09 bits per heavy atom. The molecular formula is C16H20Cl2N2O2. The van der Waals surface area contributed by atoms with E-state index in [1.54, 1.807) is 24.1 Å². The summed E-state index contributed by atoms with van der Waals surface area (Å²) in [4.78, 5) is 14.0. The van der Waals surface area contributed by atoms with Crippen LogP contribution in [0.25, 0.3) is 0 Å². The van der Waals surface area contributed by atoms with Crippen LogP contribution in [0.1, 0.15) is 36.9 Å². The molecule has 1 fully saturated rings. The van der Waals surface area contributed by atoms with Crippen LogP contribution in [-0.4, -0.2) is 35.2 Å². The first-order valence-electron chi connectivity index (χ1n) is 7.57. The molecule has 0 heterocycles. The zero-order valence-corrected chi connectivity index (χ0v) is 14.2. The smallest absolute Gasteiger partial charge is 0.317 e. The fourth-order valence-electron chi connectivity index (χ4n) is 3.23. The molecule has 1 aromatic rings. The average Bonchev–Trinajstić information content (AvgIpc) is 3.22. The second-order valence-corrected chi connectivity index (χ2v) is 7.20. The Labute approximate surface area is 140 Å². The number of carbonyl (C=O) groups is 1. The molecule has 0 aromatic heterocycles. The number of benzene rings is 1. The normalized spacial score (nSPS) is 24.8. The van der Waals surface area contributed by atoms with Gasteiger partial charge in [0.05, 0.1) is 12.1 Å². The van der Waals surface area contributed by atoms with Gasteiger partial charge in [-0.25, -0.2) is 4.79 Å². The minimum atomic E-state index is -0.669. The van der Waals surface area contributed by atoms with Gasteiger partial charge in [0.15, 0.2) is 0 Å². The van der Waals surface area contributed by atoms with E-state index in [0.717, 1.165) is 11.1 Å². The van der Waals surface area contributed by atoms with Gasteiger partial charge in [-0.2, -0.15) is 0 Å². The quantitative estimate of drug-likeness (QED) is 0.884. The Balaban J connectivity index is 1.81. The summed E-state index contributed by atoms with van der Waals surface area (Å²) in [5.74, 6) is 0.585. The van der Waals surface area contributed by atoms with E-state index >= 15 is 0 Å². The second-order valence-electron chi connectivity index (χ2n) is 6.36. The summed E-state index contributed by atoms with van der Waals surface area (Å²) in [6.45, 7) is 2.02. The Kier molecular flexibility index (Phi) is 4.27. The van der Waals surface area contributed by atoms with Crippen LogP contribution in [0.4, 0.5) is 4.79 Å². The fourth-order valence-corrected chi connectivity index (χ4v) is 3.82. The number of rotatable bonds is 3. The number of urea groups is 1. The van der Waals surface area contributed by atoms with Gasteiger partial charge >= 0.3 is 6.03 Å². The van der Waals surface area contributed by atoms with Gasteiger partial charge in [0.25, 0.3) is 0 Å². The van der Waals surface area contributed by atoms with E-state index in [-0.39, 0.29) is 12.1 Å². The third kappa shape index (κ3) is 2.92. The van der Waals surface area contributed by atoms with Crippen LogP contribution < -0.4 is 5.32 Å². The molecule has 1 aromatic carbocycles. The number of aliphatic hydroxyl groups is 1. The molecule has 2 aliphatic carbocycles. The molecule has 2 N–H and O–H groups in total. The van der Waals surface area contributed by atoms with E-state index in [2.05, 4.69) is 5.32 Å². The third-order valence-corrected chi connectivity index (χ3v) is 5.26. The summed E-state index contributed by atoms with van der Waals surface area (Å²) in [7, 11) is 1.70. The van der Waals surface area contributed by atoms with Gasteiger partial charge in [0.2, 0.25) is 0 Å². The molecule has 0 spiro atoms. The van der Waals surface area contributed by atoms with Crippen LogP contribution in [0.15, 0.2) is 12.1 Å². The predicted molar refractivity (Wildman–Crippen MR) is 87.4 cm³/mol. The largest absolute Gasteiger partial charge is 0.390 e. The number of carbonyl (C=O) groups excluding carboxylic acids is 1. The molecule has 120 valence electrons. The van der Waals surface area contributed by atoms with Gasteiger partial charge in [0.1, 0.15) is 0 Å². The first kappa shape index (κ1) is 15.9. The molecule has 3 atom stereocenters. The van der Waals surface area contributed by atoms with Crippen LogP contribution in [0, 0.1) is 5.92 Å². The molecule has 3 rings (SSSR count). The number of aliphatic hydroxyl groups excluding tert-OH is 1. The van der Waals surface area contributed by atoms with Crippen LogP contribution in [-0.2, 0) is 6.42 Å². The number of amides is 2. The van der Waals surface area contributed by atoms with Gasteiger partial charge in [0, 0.05) is 29.6 Å². The summed E-state index contributed by atoms with van der Waals surface area (Å²) < 4.78 is 0. The number of hydrogen-bond donors (Lipinski definition) is 2. The van der Waals surface area contributed by atoms with E-state index in [0.29, 0.717) is 22.4 Å². The number of halogens is 2. The van der Waals surface area contributed by atoms with E-state index in [9.17, 15) is 9.90 Å². The van der Waals surface area contributed by atoms with Crippen molar-refractivity contribution in [3.05, 3.63) is 33.3 Å². The molecular weight excluding hydrogens is 323 g/mol. The van der Waals surface area contributed by atoms with Crippen molar-refractivity contribution in [3.8, 4) is 0 Å². The minimum absolute atomic E-state index is 0.163. The Bertz CT molecular complexity index is 604. The van der Waals surface area contributed by atoms with E-state index in [4.69, 9.17) is 23.2 Å². The molecule has 4 nitrogen and oxygen atoms in total. The molecule has 0 unspecified atom stereocenters. The Morgan fingerprint density at radius 1 is 1.41 bits per heavy atom. The monoisotopic (exact) mass is 342 g/mol. The molecule has 2 aliphatic rings. The van der Waals surface area contributed by atoms with Crippen molar-refractivity contribution in [1.82, 2.24) is 10.2 Å². The summed E-state index contributed by atoms with van der Waals surface area (Å²) >= 11 is 12.3. The number of nitrogens with one attached hydrogen (secondary N) is 1. The third-order valence-electron chi connectivity index (χ3n) is 4.71. The average molecular weight is 343 g/mol. The fraction of sp³-hybridized carbons (Fsp3) is 0.562. The lowest BCUT2D eigenvalue weighted by Gasteiger charge is -2.29. The van der Waals surface area contributed by atoms with Crippen LogP contribution in [0.3, 0.4) is 0 Å². The highest BCUT2D eigenvalue weighted by Crippen LogP contribution is 2.41. The van der Waals surface area contributed by atoms with Crippen molar-refractivity contribution in [2.45, 2.75) is 44.4 Å². The summed E-state index contributed by atoms with van der Waals surface area (Å²) in [6.07, 6.45) is 2.11. The van der Waals surface area contributed by atoms with E-state index in [1.165, 1.54) is 12.8 Å². The van der Waals surface area contributed by atoms with E-state index in [1.807, 2.05) is 6.92 Å². The van der Waals surface area contributed by atoms with Crippen molar-refractivity contribution >= 4 is 29.2 Å². The maximum Gasteiger partial charge on any atom is 0.317 e. The van der Waals surface area contributed by atoms with Crippen molar-refractivity contribution in [1.29, 1.82) is 0 Å². The lowest BCUT2D eigenvalue weighted by atomic mass is 10.1. The number of likely N-dealkylation sites (N-methyl/N-ethyl adjacent to an activating group) is 1. The SMILES string of the molecule is C[C@H](NC(=O)N(C)[C@H]1c2cc(Cl)cc(Cl)c2C[C@H]1O)C1CC1. The molecule has 1 saturated carbocycles. The van der Waals surface area contributed by atoms with Gasteiger partial charge in [-0.3, -0.25) is 0 Å². The van der Waals surface area contributed by atoms with Crippen LogP contribution in [0.2, 0.25) is 10.0 Å². The number of nitrogens with zero attached hydrogens (tertiary/aromatic N) is 1.